The number of nitrogens with one attached hydrogen (secondary N) is 1. The number of pyridine rings is 1. The Bertz CT molecular complexity index is 382. The molecule has 0 radical (unpaired) electrons. The van der Waals surface area contributed by atoms with Crippen molar-refractivity contribution >= 4 is 11.7 Å². The Morgan fingerprint density at radius 1 is 1.47 bits per heavy atom. The molecule has 1 aromatic heterocycles. The van der Waals surface area contributed by atoms with Crippen LogP contribution in [0.15, 0.2) is 18.3 Å². The van der Waals surface area contributed by atoms with Crippen molar-refractivity contribution in [3.05, 3.63) is 23.9 Å². The van der Waals surface area contributed by atoms with Gasteiger partial charge in [-0.05, 0) is 30.9 Å². The molecule has 5 nitrogen and oxygen atoms in total. The average molecular weight is 234 g/mol. The minimum Gasteiger partial charge on any atom is -0.396 e. The molecule has 1 aromatic rings. The van der Waals surface area contributed by atoms with E-state index in [4.69, 9.17) is 16.2 Å². The van der Waals surface area contributed by atoms with Gasteiger partial charge < -0.3 is 15.7 Å². The topological polar surface area (TPSA) is 86.2 Å². The van der Waals surface area contributed by atoms with E-state index < -0.39 is 0 Å². The van der Waals surface area contributed by atoms with Gasteiger partial charge in [-0.15, -0.1) is 0 Å². The zero-order valence-electron chi connectivity index (χ0n) is 9.76. The molecule has 0 bridgehead atoms. The number of piperidine rings is 1. The molecule has 0 saturated carbocycles. The molecule has 5 heteroatoms. The number of nitrogens with two attached hydrogens (primary N) is 1. The molecule has 0 unspecified atom stereocenters. The lowest BCUT2D eigenvalue weighted by atomic mass is 9.98. The molecule has 2 rings (SSSR count). The zero-order valence-corrected chi connectivity index (χ0v) is 9.76. The molecule has 17 heavy (non-hydrogen) atoms. The zero-order chi connectivity index (χ0) is 12.3. The Hall–Kier alpha value is -1.62. The minimum absolute atomic E-state index is 0.0445. The molecule has 0 aliphatic carbocycles. The molecule has 0 amide bonds. The van der Waals surface area contributed by atoms with Crippen molar-refractivity contribution in [3.63, 3.8) is 0 Å². The van der Waals surface area contributed by atoms with Crippen molar-refractivity contribution in [2.24, 2.45) is 11.7 Å². The van der Waals surface area contributed by atoms with Crippen LogP contribution in [0.2, 0.25) is 0 Å². The van der Waals surface area contributed by atoms with E-state index in [1.54, 1.807) is 6.20 Å². The number of nitrogens with zero attached hydrogens (tertiary/aromatic N) is 2. The lowest BCUT2D eigenvalue weighted by Crippen LogP contribution is -2.35. The van der Waals surface area contributed by atoms with E-state index in [0.29, 0.717) is 11.5 Å². The van der Waals surface area contributed by atoms with E-state index in [9.17, 15) is 0 Å². The van der Waals surface area contributed by atoms with E-state index in [1.165, 1.54) is 0 Å². The first kappa shape index (κ1) is 11.9. The first-order valence-corrected chi connectivity index (χ1v) is 5.87. The summed E-state index contributed by atoms with van der Waals surface area (Å²) in [5, 5.41) is 16.4. The third-order valence-electron chi connectivity index (χ3n) is 3.26. The molecule has 1 fully saturated rings. The van der Waals surface area contributed by atoms with Gasteiger partial charge >= 0.3 is 0 Å². The third kappa shape index (κ3) is 2.74. The largest absolute Gasteiger partial charge is 0.396 e. The SMILES string of the molecule is N=C(N)c1ccc(N2CCC(CO)CC2)nc1. The first-order valence-electron chi connectivity index (χ1n) is 5.87. The maximum atomic E-state index is 9.07. The quantitative estimate of drug-likeness (QED) is 0.527. The van der Waals surface area contributed by atoms with Gasteiger partial charge in [0.2, 0.25) is 0 Å². The van der Waals surface area contributed by atoms with Crippen LogP contribution >= 0.6 is 0 Å². The van der Waals surface area contributed by atoms with E-state index in [-0.39, 0.29) is 12.4 Å². The number of amidine groups is 1. The highest BCUT2D eigenvalue weighted by Gasteiger charge is 2.19. The molecular weight excluding hydrogens is 216 g/mol. The highest BCUT2D eigenvalue weighted by atomic mass is 16.3. The maximum absolute atomic E-state index is 9.07. The van der Waals surface area contributed by atoms with Crippen molar-refractivity contribution < 1.29 is 5.11 Å². The van der Waals surface area contributed by atoms with Crippen molar-refractivity contribution in [1.82, 2.24) is 4.98 Å². The number of hydrogen-bond donors (Lipinski definition) is 3. The van der Waals surface area contributed by atoms with E-state index >= 15 is 0 Å². The summed E-state index contributed by atoms with van der Waals surface area (Å²) in [7, 11) is 0. The maximum Gasteiger partial charge on any atom is 0.128 e. The monoisotopic (exact) mass is 234 g/mol. The second-order valence-electron chi connectivity index (χ2n) is 4.43. The van der Waals surface area contributed by atoms with Crippen LogP contribution in [0.4, 0.5) is 5.82 Å². The van der Waals surface area contributed by atoms with Crippen LogP contribution in [0, 0.1) is 11.3 Å². The minimum atomic E-state index is 0.0445. The second kappa shape index (κ2) is 5.14. The second-order valence-corrected chi connectivity index (χ2v) is 4.43. The number of rotatable bonds is 3. The Kier molecular flexibility index (Phi) is 3.58. The molecule has 1 saturated heterocycles. The van der Waals surface area contributed by atoms with Gasteiger partial charge in [-0.2, -0.15) is 0 Å². The molecule has 1 aliphatic heterocycles. The van der Waals surface area contributed by atoms with Crippen LogP contribution < -0.4 is 10.6 Å². The predicted octanol–water partition coefficient (Wildman–Crippen LogP) is 0.574. The fourth-order valence-electron chi connectivity index (χ4n) is 2.08. The van der Waals surface area contributed by atoms with Gasteiger partial charge in [-0.3, -0.25) is 5.41 Å². The summed E-state index contributed by atoms with van der Waals surface area (Å²) in [4.78, 5) is 6.52. The van der Waals surface area contributed by atoms with Crippen molar-refractivity contribution in [2.75, 3.05) is 24.6 Å². The predicted molar refractivity (Wildman–Crippen MR) is 67.3 cm³/mol. The summed E-state index contributed by atoms with van der Waals surface area (Å²) >= 11 is 0. The Morgan fingerprint density at radius 3 is 2.65 bits per heavy atom. The van der Waals surface area contributed by atoms with E-state index in [1.807, 2.05) is 12.1 Å². The molecule has 0 aromatic carbocycles. The van der Waals surface area contributed by atoms with Gasteiger partial charge in [0.15, 0.2) is 0 Å². The number of hydrogen-bond acceptors (Lipinski definition) is 4. The standard InChI is InChI=1S/C12H18N4O/c13-12(14)10-1-2-11(15-7-10)16-5-3-9(8-17)4-6-16/h1-2,7,9,17H,3-6,8H2,(H3,13,14). The van der Waals surface area contributed by atoms with E-state index in [0.717, 1.165) is 31.7 Å². The number of aromatic nitrogens is 1. The fraction of sp³-hybridized carbons (Fsp3) is 0.500. The van der Waals surface area contributed by atoms with Gasteiger partial charge in [0.25, 0.3) is 0 Å². The summed E-state index contributed by atoms with van der Waals surface area (Å²) < 4.78 is 0. The fourth-order valence-corrected chi connectivity index (χ4v) is 2.08. The number of anilines is 1. The van der Waals surface area contributed by atoms with Crippen LogP contribution in [0.25, 0.3) is 0 Å². The molecule has 0 atom stereocenters. The Morgan fingerprint density at radius 2 is 2.18 bits per heavy atom. The summed E-state index contributed by atoms with van der Waals surface area (Å²) in [5.41, 5.74) is 6.03. The van der Waals surface area contributed by atoms with Crippen molar-refractivity contribution in [2.45, 2.75) is 12.8 Å². The summed E-state index contributed by atoms with van der Waals surface area (Å²) in [5.74, 6) is 1.40. The lowest BCUT2D eigenvalue weighted by molar-refractivity contribution is 0.203. The normalized spacial score (nSPS) is 17.1. The first-order chi connectivity index (χ1) is 8.20. The number of nitrogen functional groups attached to an aromatic ring is 1. The van der Waals surface area contributed by atoms with Crippen LogP contribution in [0.1, 0.15) is 18.4 Å². The molecule has 2 heterocycles. The molecule has 0 spiro atoms. The smallest absolute Gasteiger partial charge is 0.128 e. The third-order valence-corrected chi connectivity index (χ3v) is 3.26. The molecule has 92 valence electrons. The van der Waals surface area contributed by atoms with Crippen LogP contribution in [-0.4, -0.2) is 35.6 Å². The van der Waals surface area contributed by atoms with Crippen LogP contribution in [-0.2, 0) is 0 Å². The molecule has 4 N–H and O–H groups in total. The number of aliphatic hydroxyl groups is 1. The average Bonchev–Trinajstić information content (AvgIpc) is 2.39. The van der Waals surface area contributed by atoms with Crippen LogP contribution in [0.3, 0.4) is 0 Å². The van der Waals surface area contributed by atoms with Gasteiger partial charge in [-0.25, -0.2) is 4.98 Å². The highest BCUT2D eigenvalue weighted by molar-refractivity contribution is 5.94. The van der Waals surface area contributed by atoms with E-state index in [2.05, 4.69) is 9.88 Å². The molecular formula is C12H18N4O. The van der Waals surface area contributed by atoms with Gasteiger partial charge in [0.1, 0.15) is 11.7 Å². The lowest BCUT2D eigenvalue weighted by Gasteiger charge is -2.31. The summed E-state index contributed by atoms with van der Waals surface area (Å²) in [6, 6.07) is 3.72. The van der Waals surface area contributed by atoms with Gasteiger partial charge in [0.05, 0.1) is 0 Å². The Labute approximate surface area is 101 Å². The highest BCUT2D eigenvalue weighted by Crippen LogP contribution is 2.21. The summed E-state index contributed by atoms with van der Waals surface area (Å²) in [6.45, 7) is 2.14. The van der Waals surface area contributed by atoms with Gasteiger partial charge in [-0.1, -0.05) is 0 Å². The molecule has 1 aliphatic rings. The van der Waals surface area contributed by atoms with Crippen molar-refractivity contribution in [1.29, 1.82) is 5.41 Å². The van der Waals surface area contributed by atoms with Gasteiger partial charge in [0, 0.05) is 31.5 Å². The Balaban J connectivity index is 2.01. The number of aliphatic hydroxyl groups excluding tert-OH is 1. The van der Waals surface area contributed by atoms with Crippen molar-refractivity contribution in [3.8, 4) is 0 Å². The van der Waals surface area contributed by atoms with Crippen LogP contribution in [0.5, 0.6) is 0 Å². The summed E-state index contributed by atoms with van der Waals surface area (Å²) in [6.07, 6.45) is 3.65.